The third-order valence-corrected chi connectivity index (χ3v) is 4.33. The van der Waals surface area contributed by atoms with Gasteiger partial charge in [-0.2, -0.15) is 0 Å². The second-order valence-electron chi connectivity index (χ2n) is 5.68. The fraction of sp³-hybridized carbons (Fsp3) is 0.929. The number of halogens is 1. The van der Waals surface area contributed by atoms with Crippen molar-refractivity contribution in [2.24, 2.45) is 11.8 Å². The molecule has 0 spiro atoms. The minimum atomic E-state index is 0. The maximum absolute atomic E-state index is 12.2. The van der Waals surface area contributed by atoms with Crippen LogP contribution in [0.2, 0.25) is 0 Å². The molecular formula is C14H27ClN2O. The van der Waals surface area contributed by atoms with Gasteiger partial charge in [-0.1, -0.05) is 6.92 Å². The van der Waals surface area contributed by atoms with E-state index >= 15 is 0 Å². The Hall–Kier alpha value is -0.280. The number of hydrogen-bond acceptors (Lipinski definition) is 2. The molecule has 1 heterocycles. The molecule has 1 aliphatic carbocycles. The maximum atomic E-state index is 12.2. The smallest absolute Gasteiger partial charge is 0.223 e. The Morgan fingerprint density at radius 3 is 2.39 bits per heavy atom. The molecule has 0 aromatic rings. The SMILES string of the molecule is CCN(C(=O)CC(C)C1CCNCC1)C1CC1.Cl. The Balaban J connectivity index is 0.00000162. The van der Waals surface area contributed by atoms with E-state index in [2.05, 4.69) is 24.1 Å². The third-order valence-electron chi connectivity index (χ3n) is 4.33. The van der Waals surface area contributed by atoms with Gasteiger partial charge in [0.15, 0.2) is 0 Å². The van der Waals surface area contributed by atoms with Crippen LogP contribution in [0.25, 0.3) is 0 Å². The lowest BCUT2D eigenvalue weighted by Crippen LogP contribution is -2.36. The lowest BCUT2D eigenvalue weighted by Gasteiger charge is -2.30. The number of amides is 1. The fourth-order valence-electron chi connectivity index (χ4n) is 3.00. The highest BCUT2D eigenvalue weighted by molar-refractivity contribution is 5.85. The largest absolute Gasteiger partial charge is 0.340 e. The molecule has 0 aromatic carbocycles. The van der Waals surface area contributed by atoms with Crippen LogP contribution in [-0.4, -0.2) is 36.5 Å². The van der Waals surface area contributed by atoms with Gasteiger partial charge < -0.3 is 10.2 Å². The van der Waals surface area contributed by atoms with Crippen molar-refractivity contribution in [3.05, 3.63) is 0 Å². The van der Waals surface area contributed by atoms with Crippen LogP contribution in [-0.2, 0) is 4.79 Å². The third kappa shape index (κ3) is 4.13. The van der Waals surface area contributed by atoms with E-state index in [9.17, 15) is 4.79 Å². The first-order valence-electron chi connectivity index (χ1n) is 7.22. The Morgan fingerprint density at radius 1 is 1.28 bits per heavy atom. The van der Waals surface area contributed by atoms with E-state index in [-0.39, 0.29) is 12.4 Å². The number of nitrogens with one attached hydrogen (secondary N) is 1. The predicted molar refractivity (Wildman–Crippen MR) is 77.0 cm³/mol. The molecular weight excluding hydrogens is 248 g/mol. The number of hydrogen-bond donors (Lipinski definition) is 1. The lowest BCUT2D eigenvalue weighted by atomic mass is 9.84. The number of carbonyl (C=O) groups is 1. The summed E-state index contributed by atoms with van der Waals surface area (Å²) in [6.45, 7) is 7.51. The zero-order valence-electron chi connectivity index (χ0n) is 11.7. The van der Waals surface area contributed by atoms with Crippen molar-refractivity contribution in [3.63, 3.8) is 0 Å². The number of rotatable bonds is 5. The molecule has 1 N–H and O–H groups in total. The number of carbonyl (C=O) groups excluding carboxylic acids is 1. The molecule has 1 saturated heterocycles. The molecule has 2 fully saturated rings. The molecule has 0 bridgehead atoms. The van der Waals surface area contributed by atoms with E-state index in [1.165, 1.54) is 25.7 Å². The molecule has 1 aliphatic heterocycles. The quantitative estimate of drug-likeness (QED) is 0.835. The first-order valence-corrected chi connectivity index (χ1v) is 7.22. The normalized spacial score (nSPS) is 22.1. The van der Waals surface area contributed by atoms with Gasteiger partial charge in [-0.25, -0.2) is 0 Å². The van der Waals surface area contributed by atoms with Crippen LogP contribution in [0, 0.1) is 11.8 Å². The first-order chi connectivity index (χ1) is 8.22. The molecule has 1 atom stereocenters. The van der Waals surface area contributed by atoms with Gasteiger partial charge in [-0.3, -0.25) is 4.79 Å². The summed E-state index contributed by atoms with van der Waals surface area (Å²) in [6.07, 6.45) is 5.69. The highest BCUT2D eigenvalue weighted by Gasteiger charge is 2.32. The highest BCUT2D eigenvalue weighted by Crippen LogP contribution is 2.30. The molecule has 1 amide bonds. The van der Waals surface area contributed by atoms with Crippen LogP contribution >= 0.6 is 12.4 Å². The molecule has 1 unspecified atom stereocenters. The van der Waals surface area contributed by atoms with E-state index in [0.717, 1.165) is 32.0 Å². The van der Waals surface area contributed by atoms with Gasteiger partial charge in [0.05, 0.1) is 0 Å². The van der Waals surface area contributed by atoms with Crippen molar-refractivity contribution in [1.82, 2.24) is 10.2 Å². The van der Waals surface area contributed by atoms with E-state index < -0.39 is 0 Å². The van der Waals surface area contributed by atoms with Gasteiger partial charge in [0, 0.05) is 19.0 Å². The van der Waals surface area contributed by atoms with E-state index in [0.29, 0.717) is 17.9 Å². The second kappa shape index (κ2) is 7.34. The molecule has 18 heavy (non-hydrogen) atoms. The molecule has 0 radical (unpaired) electrons. The summed E-state index contributed by atoms with van der Waals surface area (Å²) in [5, 5.41) is 3.39. The standard InChI is InChI=1S/C14H26N2O.ClH/c1-3-16(13-4-5-13)14(17)10-11(2)12-6-8-15-9-7-12;/h11-13,15H,3-10H2,1-2H3;1H. The van der Waals surface area contributed by atoms with Gasteiger partial charge in [-0.05, 0) is 57.5 Å². The summed E-state index contributed by atoms with van der Waals surface area (Å²) in [4.78, 5) is 14.3. The van der Waals surface area contributed by atoms with Crippen molar-refractivity contribution in [2.45, 2.75) is 52.0 Å². The van der Waals surface area contributed by atoms with Gasteiger partial charge in [0.25, 0.3) is 0 Å². The summed E-state index contributed by atoms with van der Waals surface area (Å²) in [5.41, 5.74) is 0. The summed E-state index contributed by atoms with van der Waals surface area (Å²) < 4.78 is 0. The van der Waals surface area contributed by atoms with Crippen molar-refractivity contribution in [1.29, 1.82) is 0 Å². The van der Waals surface area contributed by atoms with Gasteiger partial charge >= 0.3 is 0 Å². The van der Waals surface area contributed by atoms with E-state index in [4.69, 9.17) is 0 Å². The molecule has 0 aromatic heterocycles. The first kappa shape index (κ1) is 15.8. The van der Waals surface area contributed by atoms with Crippen LogP contribution in [0.4, 0.5) is 0 Å². The van der Waals surface area contributed by atoms with Crippen LogP contribution in [0.1, 0.15) is 46.0 Å². The van der Waals surface area contributed by atoms with Crippen molar-refractivity contribution < 1.29 is 4.79 Å². The predicted octanol–water partition coefficient (Wildman–Crippen LogP) is 2.44. The minimum absolute atomic E-state index is 0. The van der Waals surface area contributed by atoms with Crippen molar-refractivity contribution in [3.8, 4) is 0 Å². The Morgan fingerprint density at radius 2 is 1.89 bits per heavy atom. The summed E-state index contributed by atoms with van der Waals surface area (Å²) in [7, 11) is 0. The molecule has 3 nitrogen and oxygen atoms in total. The highest BCUT2D eigenvalue weighted by atomic mass is 35.5. The Bertz CT molecular complexity index is 263. The van der Waals surface area contributed by atoms with Crippen molar-refractivity contribution in [2.75, 3.05) is 19.6 Å². The lowest BCUT2D eigenvalue weighted by molar-refractivity contribution is -0.132. The van der Waals surface area contributed by atoms with E-state index in [1.54, 1.807) is 0 Å². The molecule has 106 valence electrons. The minimum Gasteiger partial charge on any atom is -0.340 e. The van der Waals surface area contributed by atoms with Gasteiger partial charge in [0.2, 0.25) is 5.91 Å². The fourth-order valence-corrected chi connectivity index (χ4v) is 3.00. The summed E-state index contributed by atoms with van der Waals surface area (Å²) in [5.74, 6) is 1.69. The van der Waals surface area contributed by atoms with Crippen LogP contribution in [0.5, 0.6) is 0 Å². The molecule has 1 saturated carbocycles. The summed E-state index contributed by atoms with van der Waals surface area (Å²) in [6, 6.07) is 0.577. The average Bonchev–Trinajstić information content (AvgIpc) is 3.15. The van der Waals surface area contributed by atoms with Gasteiger partial charge in [-0.15, -0.1) is 12.4 Å². The zero-order valence-corrected chi connectivity index (χ0v) is 12.5. The average molecular weight is 275 g/mol. The van der Waals surface area contributed by atoms with Crippen LogP contribution in [0.3, 0.4) is 0 Å². The topological polar surface area (TPSA) is 32.3 Å². The van der Waals surface area contributed by atoms with Gasteiger partial charge in [0.1, 0.15) is 0 Å². The number of piperidine rings is 1. The number of nitrogens with zero attached hydrogens (tertiary/aromatic N) is 1. The molecule has 2 rings (SSSR count). The zero-order chi connectivity index (χ0) is 12.3. The Kier molecular flexibility index (Phi) is 6.44. The summed E-state index contributed by atoms with van der Waals surface area (Å²) >= 11 is 0. The second-order valence-corrected chi connectivity index (χ2v) is 5.68. The van der Waals surface area contributed by atoms with Crippen molar-refractivity contribution >= 4 is 18.3 Å². The monoisotopic (exact) mass is 274 g/mol. The van der Waals surface area contributed by atoms with Crippen LogP contribution in [0.15, 0.2) is 0 Å². The molecule has 2 aliphatic rings. The Labute approximate surface area is 117 Å². The molecule has 4 heteroatoms. The van der Waals surface area contributed by atoms with Crippen LogP contribution < -0.4 is 5.32 Å². The van der Waals surface area contributed by atoms with E-state index in [1.807, 2.05) is 0 Å². The maximum Gasteiger partial charge on any atom is 0.223 e.